The molecule has 1 fully saturated rings. The molecule has 0 atom stereocenters. The number of rotatable bonds is 7. The molecule has 1 aromatic carbocycles. The minimum Gasteiger partial charge on any atom is -0.466 e. The highest BCUT2D eigenvalue weighted by Gasteiger charge is 2.28. The maximum Gasteiger partial charge on any atom is 0.338 e. The van der Waals surface area contributed by atoms with Crippen molar-refractivity contribution in [1.82, 2.24) is 4.90 Å². The molecule has 32 heavy (non-hydrogen) atoms. The maximum absolute atomic E-state index is 12.4. The summed E-state index contributed by atoms with van der Waals surface area (Å²) < 4.78 is 15.3. The van der Waals surface area contributed by atoms with Crippen LogP contribution >= 0.6 is 0 Å². The molecule has 0 bridgehead atoms. The number of nitrogens with zero attached hydrogens (tertiary/aromatic N) is 1. The van der Waals surface area contributed by atoms with E-state index in [1.54, 1.807) is 36.9 Å². The van der Waals surface area contributed by atoms with Crippen molar-refractivity contribution in [2.45, 2.75) is 26.7 Å². The van der Waals surface area contributed by atoms with E-state index < -0.39 is 18.5 Å². The number of carbonyl (C=O) groups is 4. The molecular weight excluding hydrogens is 416 g/mol. The Morgan fingerprint density at radius 1 is 1.12 bits per heavy atom. The van der Waals surface area contributed by atoms with Crippen LogP contribution in [0.4, 0.5) is 5.69 Å². The number of furan rings is 1. The van der Waals surface area contributed by atoms with Crippen molar-refractivity contribution in [3.05, 3.63) is 53.5 Å². The fourth-order valence-corrected chi connectivity index (χ4v) is 3.40. The van der Waals surface area contributed by atoms with Crippen molar-refractivity contribution < 1.29 is 33.1 Å². The lowest BCUT2D eigenvalue weighted by atomic mass is 9.97. The molecule has 2 amide bonds. The third kappa shape index (κ3) is 5.75. The van der Waals surface area contributed by atoms with E-state index in [-0.39, 0.29) is 29.1 Å². The number of piperidine rings is 1. The van der Waals surface area contributed by atoms with E-state index in [9.17, 15) is 19.2 Å². The summed E-state index contributed by atoms with van der Waals surface area (Å²) in [6.07, 6.45) is 2.44. The molecule has 1 saturated heterocycles. The average Bonchev–Trinajstić information content (AvgIpc) is 3.34. The maximum atomic E-state index is 12.4. The van der Waals surface area contributed by atoms with E-state index in [2.05, 4.69) is 5.32 Å². The summed E-state index contributed by atoms with van der Waals surface area (Å²) in [6.45, 7) is 4.30. The normalized spacial score (nSPS) is 14.0. The van der Waals surface area contributed by atoms with Gasteiger partial charge in [-0.2, -0.15) is 0 Å². The molecule has 1 N–H and O–H groups in total. The molecule has 3 rings (SSSR count). The van der Waals surface area contributed by atoms with Crippen LogP contribution in [-0.4, -0.2) is 55.0 Å². The zero-order valence-electron chi connectivity index (χ0n) is 18.1. The third-order valence-electron chi connectivity index (χ3n) is 5.26. The second kappa shape index (κ2) is 10.6. The molecule has 0 saturated carbocycles. The Labute approximate surface area is 185 Å². The number of carbonyl (C=O) groups excluding carboxylic acids is 4. The summed E-state index contributed by atoms with van der Waals surface area (Å²) in [5.74, 6) is -1.73. The van der Waals surface area contributed by atoms with Gasteiger partial charge in [-0.3, -0.25) is 14.4 Å². The monoisotopic (exact) mass is 442 g/mol. The standard InChI is InChI=1S/C23H26N2O7/c1-3-30-22(28)16-8-10-25(11-9-16)20(26)14-32-23(29)17-7-6-15(2)18(13-17)24-21(27)19-5-4-12-31-19/h4-7,12-13,16H,3,8-11,14H2,1-2H3,(H,24,27). The van der Waals surface area contributed by atoms with Crippen LogP contribution in [0.5, 0.6) is 0 Å². The Kier molecular flexibility index (Phi) is 7.64. The van der Waals surface area contributed by atoms with E-state index in [0.717, 1.165) is 5.56 Å². The molecule has 9 nitrogen and oxygen atoms in total. The zero-order chi connectivity index (χ0) is 23.1. The molecule has 0 unspecified atom stereocenters. The Morgan fingerprint density at radius 3 is 2.53 bits per heavy atom. The summed E-state index contributed by atoms with van der Waals surface area (Å²) in [5, 5.41) is 2.69. The number of amides is 2. The van der Waals surface area contributed by atoms with Gasteiger partial charge in [-0.25, -0.2) is 4.79 Å². The topological polar surface area (TPSA) is 115 Å². The fourth-order valence-electron chi connectivity index (χ4n) is 3.40. The highest BCUT2D eigenvalue weighted by Crippen LogP contribution is 2.20. The third-order valence-corrected chi connectivity index (χ3v) is 5.26. The molecule has 1 aliphatic heterocycles. The Hall–Kier alpha value is -3.62. The number of benzene rings is 1. The van der Waals surface area contributed by atoms with Crippen LogP contribution in [0, 0.1) is 12.8 Å². The van der Waals surface area contributed by atoms with E-state index in [1.807, 2.05) is 0 Å². The van der Waals surface area contributed by atoms with Gasteiger partial charge in [0.25, 0.3) is 11.8 Å². The molecule has 0 radical (unpaired) electrons. The molecule has 0 aliphatic carbocycles. The zero-order valence-corrected chi connectivity index (χ0v) is 18.1. The Bertz CT molecular complexity index is 976. The largest absolute Gasteiger partial charge is 0.466 e. The smallest absolute Gasteiger partial charge is 0.338 e. The van der Waals surface area contributed by atoms with Gasteiger partial charge < -0.3 is 24.1 Å². The summed E-state index contributed by atoms with van der Waals surface area (Å²) in [6, 6.07) is 7.87. The minimum atomic E-state index is -0.673. The SMILES string of the molecule is CCOC(=O)C1CCN(C(=O)COC(=O)c2ccc(C)c(NC(=O)c3ccco3)c2)CC1. The second-order valence-corrected chi connectivity index (χ2v) is 7.44. The molecule has 9 heteroatoms. The van der Waals surface area contributed by atoms with Crippen molar-refractivity contribution >= 4 is 29.4 Å². The first-order valence-electron chi connectivity index (χ1n) is 10.5. The number of hydrogen-bond acceptors (Lipinski definition) is 7. The van der Waals surface area contributed by atoms with E-state index >= 15 is 0 Å². The summed E-state index contributed by atoms with van der Waals surface area (Å²) in [5.41, 5.74) is 1.40. The number of likely N-dealkylation sites (tertiary alicyclic amines) is 1. The number of esters is 2. The molecule has 2 aromatic rings. The summed E-state index contributed by atoms with van der Waals surface area (Å²) in [7, 11) is 0. The van der Waals surface area contributed by atoms with Crippen molar-refractivity contribution in [3.63, 3.8) is 0 Å². The van der Waals surface area contributed by atoms with E-state index in [1.165, 1.54) is 18.4 Å². The first-order valence-corrected chi connectivity index (χ1v) is 10.5. The molecule has 0 spiro atoms. The van der Waals surface area contributed by atoms with Gasteiger partial charge in [-0.1, -0.05) is 6.07 Å². The van der Waals surface area contributed by atoms with Crippen LogP contribution in [0.2, 0.25) is 0 Å². The minimum absolute atomic E-state index is 0.148. The van der Waals surface area contributed by atoms with Gasteiger partial charge in [-0.15, -0.1) is 0 Å². The second-order valence-electron chi connectivity index (χ2n) is 7.44. The van der Waals surface area contributed by atoms with Crippen LogP contribution in [0.1, 0.15) is 46.2 Å². The highest BCUT2D eigenvalue weighted by atomic mass is 16.5. The van der Waals surface area contributed by atoms with E-state index in [4.69, 9.17) is 13.9 Å². The lowest BCUT2D eigenvalue weighted by Gasteiger charge is -2.30. The predicted molar refractivity (Wildman–Crippen MR) is 114 cm³/mol. The van der Waals surface area contributed by atoms with Gasteiger partial charge in [0.2, 0.25) is 0 Å². The fraction of sp³-hybridized carbons (Fsp3) is 0.391. The van der Waals surface area contributed by atoms with Gasteiger partial charge in [0.15, 0.2) is 12.4 Å². The van der Waals surface area contributed by atoms with Crippen LogP contribution in [0.15, 0.2) is 41.0 Å². The lowest BCUT2D eigenvalue weighted by molar-refractivity contribution is -0.151. The number of ether oxygens (including phenoxy) is 2. The van der Waals surface area contributed by atoms with Crippen molar-refractivity contribution in [2.24, 2.45) is 5.92 Å². The van der Waals surface area contributed by atoms with Crippen molar-refractivity contribution in [1.29, 1.82) is 0 Å². The number of anilines is 1. The number of nitrogens with one attached hydrogen (secondary N) is 1. The lowest BCUT2D eigenvalue weighted by Crippen LogP contribution is -2.42. The number of aryl methyl sites for hydroxylation is 1. The summed E-state index contributed by atoms with van der Waals surface area (Å²) in [4.78, 5) is 50.4. The predicted octanol–water partition coefficient (Wildman–Crippen LogP) is 2.80. The Balaban J connectivity index is 1.52. The van der Waals surface area contributed by atoms with Crippen molar-refractivity contribution in [3.8, 4) is 0 Å². The van der Waals surface area contributed by atoms with E-state index in [0.29, 0.717) is 38.2 Å². The molecule has 2 heterocycles. The van der Waals surface area contributed by atoms with Gasteiger partial charge in [0.05, 0.1) is 24.4 Å². The first-order chi connectivity index (χ1) is 15.4. The van der Waals surface area contributed by atoms with Gasteiger partial charge in [0.1, 0.15) is 0 Å². The Morgan fingerprint density at radius 2 is 1.88 bits per heavy atom. The summed E-state index contributed by atoms with van der Waals surface area (Å²) >= 11 is 0. The van der Waals surface area contributed by atoms with Gasteiger partial charge in [-0.05, 0) is 56.5 Å². The van der Waals surface area contributed by atoms with Gasteiger partial charge in [0, 0.05) is 18.8 Å². The van der Waals surface area contributed by atoms with Crippen LogP contribution < -0.4 is 5.32 Å². The average molecular weight is 442 g/mol. The van der Waals surface area contributed by atoms with Crippen LogP contribution in [0.3, 0.4) is 0 Å². The molecule has 1 aliphatic rings. The van der Waals surface area contributed by atoms with Crippen LogP contribution in [-0.2, 0) is 19.1 Å². The molecular formula is C23H26N2O7. The van der Waals surface area contributed by atoms with Crippen molar-refractivity contribution in [2.75, 3.05) is 31.6 Å². The highest BCUT2D eigenvalue weighted by molar-refractivity contribution is 6.03. The molecule has 170 valence electrons. The van der Waals surface area contributed by atoms with Gasteiger partial charge >= 0.3 is 11.9 Å². The quantitative estimate of drug-likeness (QED) is 0.656. The van der Waals surface area contributed by atoms with Crippen LogP contribution in [0.25, 0.3) is 0 Å². The first kappa shape index (κ1) is 23.1. The number of hydrogen-bond donors (Lipinski definition) is 1. The molecule has 1 aromatic heterocycles.